The quantitative estimate of drug-likeness (QED) is 0.377. The van der Waals surface area contributed by atoms with E-state index < -0.39 is 11.9 Å². The van der Waals surface area contributed by atoms with Crippen LogP contribution in [0.5, 0.6) is 0 Å². The number of carbonyl (C=O) groups is 2. The summed E-state index contributed by atoms with van der Waals surface area (Å²) >= 11 is 0. The molecular weight excluding hydrogens is 198 g/mol. The molecule has 0 saturated carbocycles. The highest BCUT2D eigenvalue weighted by Crippen LogP contribution is 1.99. The van der Waals surface area contributed by atoms with Gasteiger partial charge in [-0.15, -0.1) is 0 Å². The van der Waals surface area contributed by atoms with E-state index in [-0.39, 0.29) is 13.0 Å². The third-order valence-corrected chi connectivity index (χ3v) is 2.04. The fraction of sp³-hybridized carbons (Fsp3) is 0.600. The number of nitrogens with zero attached hydrogens (tertiary/aromatic N) is 1. The molecule has 86 valence electrons. The standard InChI is InChI=1S/C10H17NO4/c1-4-10(14)15-8-7-11(2,3)6-5-9(12)13/h4H,1,5-8H2,2-3H3/p+1. The number of carbonyl (C=O) groups excluding carboxylic acids is 1. The SMILES string of the molecule is C=CC(=O)OCC[N+](C)(C)CCC(=O)O. The molecule has 0 radical (unpaired) electrons. The van der Waals surface area contributed by atoms with Crippen LogP contribution in [-0.2, 0) is 14.3 Å². The lowest BCUT2D eigenvalue weighted by Gasteiger charge is -2.28. The number of carboxylic acid groups (broad SMARTS) is 1. The van der Waals surface area contributed by atoms with E-state index in [0.717, 1.165) is 6.08 Å². The second kappa shape index (κ2) is 6.19. The first-order valence-electron chi connectivity index (χ1n) is 4.70. The molecular formula is C10H18NO4+. The van der Waals surface area contributed by atoms with E-state index in [1.165, 1.54) is 0 Å². The maximum atomic E-state index is 10.7. The molecule has 0 atom stereocenters. The molecule has 0 bridgehead atoms. The number of hydrogen-bond donors (Lipinski definition) is 1. The van der Waals surface area contributed by atoms with Gasteiger partial charge in [0.25, 0.3) is 0 Å². The number of aliphatic carboxylic acids is 1. The Bertz CT molecular complexity index is 248. The second-order valence-electron chi connectivity index (χ2n) is 3.90. The zero-order chi connectivity index (χ0) is 11.9. The van der Waals surface area contributed by atoms with Gasteiger partial charge in [-0.3, -0.25) is 4.79 Å². The Kier molecular flexibility index (Phi) is 5.62. The van der Waals surface area contributed by atoms with E-state index >= 15 is 0 Å². The normalized spacial score (nSPS) is 10.8. The smallest absolute Gasteiger partial charge is 0.330 e. The highest BCUT2D eigenvalue weighted by Gasteiger charge is 2.16. The van der Waals surface area contributed by atoms with Crippen LogP contribution in [-0.4, -0.2) is 55.3 Å². The number of ether oxygens (including phenoxy) is 1. The van der Waals surface area contributed by atoms with Gasteiger partial charge in [-0.25, -0.2) is 4.79 Å². The molecule has 0 unspecified atom stereocenters. The number of carboxylic acids is 1. The molecule has 5 heteroatoms. The van der Waals surface area contributed by atoms with Crippen molar-refractivity contribution in [3.05, 3.63) is 12.7 Å². The van der Waals surface area contributed by atoms with Gasteiger partial charge in [-0.1, -0.05) is 6.58 Å². The van der Waals surface area contributed by atoms with Crippen LogP contribution >= 0.6 is 0 Å². The van der Waals surface area contributed by atoms with Gasteiger partial charge < -0.3 is 14.3 Å². The number of likely N-dealkylation sites (N-methyl/N-ethyl adjacent to an activating group) is 1. The van der Waals surface area contributed by atoms with Crippen molar-refractivity contribution in [2.45, 2.75) is 6.42 Å². The van der Waals surface area contributed by atoms with Crippen molar-refractivity contribution in [2.75, 3.05) is 33.8 Å². The van der Waals surface area contributed by atoms with Crippen LogP contribution in [0.3, 0.4) is 0 Å². The molecule has 0 aliphatic rings. The van der Waals surface area contributed by atoms with E-state index in [0.29, 0.717) is 17.6 Å². The maximum Gasteiger partial charge on any atom is 0.330 e. The monoisotopic (exact) mass is 216 g/mol. The Balaban J connectivity index is 3.77. The summed E-state index contributed by atoms with van der Waals surface area (Å²) in [6, 6.07) is 0. The highest BCUT2D eigenvalue weighted by atomic mass is 16.5. The molecule has 0 aliphatic heterocycles. The number of esters is 1. The zero-order valence-corrected chi connectivity index (χ0v) is 9.23. The first-order chi connectivity index (χ1) is 6.87. The summed E-state index contributed by atoms with van der Waals surface area (Å²) in [6.07, 6.45) is 1.22. The van der Waals surface area contributed by atoms with Crippen molar-refractivity contribution in [1.29, 1.82) is 0 Å². The molecule has 0 saturated heterocycles. The third kappa shape index (κ3) is 7.69. The van der Waals surface area contributed by atoms with Crippen molar-refractivity contribution in [1.82, 2.24) is 0 Å². The summed E-state index contributed by atoms with van der Waals surface area (Å²) in [5.74, 6) is -1.27. The number of quaternary nitrogens is 1. The molecule has 0 amide bonds. The third-order valence-electron chi connectivity index (χ3n) is 2.04. The summed E-state index contributed by atoms with van der Waals surface area (Å²) in [7, 11) is 3.79. The summed E-state index contributed by atoms with van der Waals surface area (Å²) in [5, 5.41) is 8.52. The number of rotatable bonds is 7. The molecule has 0 fully saturated rings. The molecule has 0 aromatic rings. The lowest BCUT2D eigenvalue weighted by Crippen LogP contribution is -2.43. The van der Waals surface area contributed by atoms with E-state index in [4.69, 9.17) is 9.84 Å². The Hall–Kier alpha value is -1.36. The van der Waals surface area contributed by atoms with Crippen LogP contribution < -0.4 is 0 Å². The van der Waals surface area contributed by atoms with E-state index in [9.17, 15) is 9.59 Å². The summed E-state index contributed by atoms with van der Waals surface area (Å²) in [6.45, 7) is 4.66. The van der Waals surface area contributed by atoms with E-state index in [1.807, 2.05) is 14.1 Å². The van der Waals surface area contributed by atoms with Crippen molar-refractivity contribution in [3.63, 3.8) is 0 Å². The number of hydrogen-bond acceptors (Lipinski definition) is 3. The van der Waals surface area contributed by atoms with E-state index in [2.05, 4.69) is 6.58 Å². The maximum absolute atomic E-state index is 10.7. The average Bonchev–Trinajstić information content (AvgIpc) is 2.14. The van der Waals surface area contributed by atoms with Crippen LogP contribution in [0.2, 0.25) is 0 Å². The van der Waals surface area contributed by atoms with Gasteiger partial charge in [0.15, 0.2) is 0 Å². The van der Waals surface area contributed by atoms with Gasteiger partial charge in [0.1, 0.15) is 13.2 Å². The Morgan fingerprint density at radius 2 is 2.00 bits per heavy atom. The molecule has 0 spiro atoms. The first kappa shape index (κ1) is 13.6. The zero-order valence-electron chi connectivity index (χ0n) is 9.23. The molecule has 0 aromatic heterocycles. The van der Waals surface area contributed by atoms with Crippen LogP contribution in [0.15, 0.2) is 12.7 Å². The Morgan fingerprint density at radius 3 is 2.47 bits per heavy atom. The van der Waals surface area contributed by atoms with Crippen molar-refractivity contribution < 1.29 is 23.9 Å². The minimum Gasteiger partial charge on any atom is -0.481 e. The van der Waals surface area contributed by atoms with Crippen molar-refractivity contribution >= 4 is 11.9 Å². The van der Waals surface area contributed by atoms with Crippen molar-refractivity contribution in [2.24, 2.45) is 0 Å². The Morgan fingerprint density at radius 1 is 1.40 bits per heavy atom. The van der Waals surface area contributed by atoms with Crippen molar-refractivity contribution in [3.8, 4) is 0 Å². The van der Waals surface area contributed by atoms with Gasteiger partial charge in [-0.2, -0.15) is 0 Å². The lowest BCUT2D eigenvalue weighted by atomic mass is 10.3. The molecule has 0 heterocycles. The summed E-state index contributed by atoms with van der Waals surface area (Å²) in [5.41, 5.74) is 0. The fourth-order valence-corrected chi connectivity index (χ4v) is 0.962. The predicted molar refractivity (Wildman–Crippen MR) is 55.3 cm³/mol. The first-order valence-corrected chi connectivity index (χ1v) is 4.70. The van der Waals surface area contributed by atoms with Crippen LogP contribution in [0.1, 0.15) is 6.42 Å². The second-order valence-corrected chi connectivity index (χ2v) is 3.90. The van der Waals surface area contributed by atoms with Crippen LogP contribution in [0, 0.1) is 0 Å². The molecule has 0 aliphatic carbocycles. The Labute approximate surface area is 89.5 Å². The summed E-state index contributed by atoms with van der Waals surface area (Å²) < 4.78 is 5.32. The average molecular weight is 216 g/mol. The van der Waals surface area contributed by atoms with Gasteiger partial charge in [-0.05, 0) is 0 Å². The molecule has 5 nitrogen and oxygen atoms in total. The van der Waals surface area contributed by atoms with Gasteiger partial charge >= 0.3 is 11.9 Å². The molecule has 15 heavy (non-hydrogen) atoms. The fourth-order valence-electron chi connectivity index (χ4n) is 0.962. The van der Waals surface area contributed by atoms with E-state index in [1.54, 1.807) is 0 Å². The largest absolute Gasteiger partial charge is 0.481 e. The van der Waals surface area contributed by atoms with Gasteiger partial charge in [0.2, 0.25) is 0 Å². The predicted octanol–water partition coefficient (Wildman–Crippen LogP) is 0.267. The van der Waals surface area contributed by atoms with Gasteiger partial charge in [0, 0.05) is 6.08 Å². The minimum atomic E-state index is -0.815. The van der Waals surface area contributed by atoms with Crippen LogP contribution in [0.25, 0.3) is 0 Å². The van der Waals surface area contributed by atoms with Gasteiger partial charge in [0.05, 0.1) is 27.1 Å². The molecule has 1 N–H and O–H groups in total. The summed E-state index contributed by atoms with van der Waals surface area (Å²) in [4.78, 5) is 21.1. The molecule has 0 rings (SSSR count). The van der Waals surface area contributed by atoms with Crippen LogP contribution in [0.4, 0.5) is 0 Å². The molecule has 0 aromatic carbocycles. The minimum absolute atomic E-state index is 0.113. The topological polar surface area (TPSA) is 63.6 Å². The highest BCUT2D eigenvalue weighted by molar-refractivity contribution is 5.81. The lowest BCUT2D eigenvalue weighted by molar-refractivity contribution is -0.889.